The number of ether oxygens (including phenoxy) is 1. The molecule has 0 aromatic carbocycles. The molecule has 2 unspecified atom stereocenters. The SMILES string of the molecule is CC1CCCCC1OCCN1CCNC[C@H]1C.Cl. The number of hydrogen-bond donors (Lipinski definition) is 1. The van der Waals surface area contributed by atoms with E-state index in [1.54, 1.807) is 0 Å². The summed E-state index contributed by atoms with van der Waals surface area (Å²) in [5.41, 5.74) is 0. The number of nitrogens with zero attached hydrogens (tertiary/aromatic N) is 1. The van der Waals surface area contributed by atoms with Gasteiger partial charge in [-0.3, -0.25) is 4.90 Å². The third-order valence-corrected chi connectivity index (χ3v) is 4.38. The van der Waals surface area contributed by atoms with Gasteiger partial charge in [0, 0.05) is 32.2 Å². The van der Waals surface area contributed by atoms with Crippen molar-refractivity contribution in [3.63, 3.8) is 0 Å². The molecule has 4 heteroatoms. The van der Waals surface area contributed by atoms with Crippen LogP contribution in [0.1, 0.15) is 39.5 Å². The van der Waals surface area contributed by atoms with Crippen LogP contribution in [0.15, 0.2) is 0 Å². The average Bonchev–Trinajstić information content (AvgIpc) is 2.34. The lowest BCUT2D eigenvalue weighted by Crippen LogP contribution is -2.50. The van der Waals surface area contributed by atoms with Crippen molar-refractivity contribution in [1.82, 2.24) is 10.2 Å². The van der Waals surface area contributed by atoms with E-state index in [1.807, 2.05) is 0 Å². The first kappa shape index (κ1) is 16.2. The fourth-order valence-electron chi connectivity index (χ4n) is 3.07. The van der Waals surface area contributed by atoms with Gasteiger partial charge in [0.25, 0.3) is 0 Å². The highest BCUT2D eigenvalue weighted by Crippen LogP contribution is 2.26. The molecule has 1 aliphatic carbocycles. The van der Waals surface area contributed by atoms with E-state index < -0.39 is 0 Å². The minimum Gasteiger partial charge on any atom is -0.377 e. The summed E-state index contributed by atoms with van der Waals surface area (Å²) in [6, 6.07) is 0.663. The van der Waals surface area contributed by atoms with Crippen LogP contribution in [0.25, 0.3) is 0 Å². The molecule has 0 aromatic heterocycles. The zero-order valence-electron chi connectivity index (χ0n) is 11.9. The highest BCUT2D eigenvalue weighted by atomic mass is 35.5. The summed E-state index contributed by atoms with van der Waals surface area (Å²) in [5, 5.41) is 3.43. The van der Waals surface area contributed by atoms with Crippen molar-refractivity contribution in [2.24, 2.45) is 5.92 Å². The van der Waals surface area contributed by atoms with Gasteiger partial charge in [-0.15, -0.1) is 12.4 Å². The molecule has 1 aliphatic heterocycles. The van der Waals surface area contributed by atoms with Crippen LogP contribution in [0.2, 0.25) is 0 Å². The third kappa shape index (κ3) is 4.69. The van der Waals surface area contributed by atoms with Crippen LogP contribution in [0.5, 0.6) is 0 Å². The van der Waals surface area contributed by atoms with Gasteiger partial charge in [-0.25, -0.2) is 0 Å². The molecule has 1 saturated carbocycles. The number of rotatable bonds is 4. The summed E-state index contributed by atoms with van der Waals surface area (Å²) >= 11 is 0. The minimum absolute atomic E-state index is 0. The summed E-state index contributed by atoms with van der Waals surface area (Å²) in [6.07, 6.45) is 5.92. The van der Waals surface area contributed by atoms with Crippen molar-refractivity contribution in [2.75, 3.05) is 32.8 Å². The maximum Gasteiger partial charge on any atom is 0.0601 e. The van der Waals surface area contributed by atoms with Gasteiger partial charge in [0.05, 0.1) is 12.7 Å². The van der Waals surface area contributed by atoms with Crippen molar-refractivity contribution in [1.29, 1.82) is 0 Å². The van der Waals surface area contributed by atoms with Crippen LogP contribution in [0, 0.1) is 5.92 Å². The van der Waals surface area contributed by atoms with Crippen LogP contribution >= 0.6 is 12.4 Å². The Morgan fingerprint density at radius 1 is 1.22 bits per heavy atom. The van der Waals surface area contributed by atoms with Gasteiger partial charge in [0.1, 0.15) is 0 Å². The Morgan fingerprint density at radius 3 is 2.72 bits per heavy atom. The minimum atomic E-state index is 0. The molecule has 1 heterocycles. The van der Waals surface area contributed by atoms with E-state index in [1.165, 1.54) is 32.2 Å². The zero-order chi connectivity index (χ0) is 12.1. The average molecular weight is 277 g/mol. The van der Waals surface area contributed by atoms with Crippen molar-refractivity contribution >= 4 is 12.4 Å². The lowest BCUT2D eigenvalue weighted by molar-refractivity contribution is -0.0187. The molecule has 2 fully saturated rings. The Morgan fingerprint density at radius 2 is 2.00 bits per heavy atom. The van der Waals surface area contributed by atoms with Gasteiger partial charge in [0.15, 0.2) is 0 Å². The van der Waals surface area contributed by atoms with Crippen LogP contribution in [0.4, 0.5) is 0 Å². The van der Waals surface area contributed by atoms with E-state index in [4.69, 9.17) is 4.74 Å². The van der Waals surface area contributed by atoms with E-state index in [0.717, 1.165) is 32.2 Å². The molecule has 0 aromatic rings. The molecule has 0 spiro atoms. The summed E-state index contributed by atoms with van der Waals surface area (Å²) in [4.78, 5) is 2.55. The Balaban J connectivity index is 0.00000162. The van der Waals surface area contributed by atoms with Crippen molar-refractivity contribution in [3.8, 4) is 0 Å². The lowest BCUT2D eigenvalue weighted by atomic mass is 9.88. The van der Waals surface area contributed by atoms with Crippen LogP contribution < -0.4 is 5.32 Å². The predicted octanol–water partition coefficient (Wildman–Crippen LogP) is 2.30. The lowest BCUT2D eigenvalue weighted by Gasteiger charge is -2.35. The standard InChI is InChI=1S/C14H28N2O.ClH/c1-12-5-3-4-6-14(12)17-10-9-16-8-7-15-11-13(16)2;/h12-15H,3-11H2,1-2H3;1H/t12?,13-,14?;/m1./s1. The second-order valence-electron chi connectivity index (χ2n) is 5.76. The van der Waals surface area contributed by atoms with E-state index in [-0.39, 0.29) is 12.4 Å². The fraction of sp³-hybridized carbons (Fsp3) is 1.00. The van der Waals surface area contributed by atoms with Crippen molar-refractivity contribution in [3.05, 3.63) is 0 Å². The highest BCUT2D eigenvalue weighted by molar-refractivity contribution is 5.85. The second-order valence-corrected chi connectivity index (χ2v) is 5.76. The molecule has 108 valence electrons. The van der Waals surface area contributed by atoms with E-state index in [9.17, 15) is 0 Å². The van der Waals surface area contributed by atoms with Gasteiger partial charge in [0.2, 0.25) is 0 Å². The van der Waals surface area contributed by atoms with Gasteiger partial charge in [-0.1, -0.05) is 19.8 Å². The molecule has 2 aliphatic rings. The van der Waals surface area contributed by atoms with Gasteiger partial charge in [-0.05, 0) is 25.7 Å². The fourth-order valence-corrected chi connectivity index (χ4v) is 3.07. The van der Waals surface area contributed by atoms with E-state index >= 15 is 0 Å². The van der Waals surface area contributed by atoms with Crippen LogP contribution in [-0.2, 0) is 4.74 Å². The first-order chi connectivity index (χ1) is 8.27. The maximum absolute atomic E-state index is 6.08. The largest absolute Gasteiger partial charge is 0.377 e. The number of nitrogens with one attached hydrogen (secondary N) is 1. The molecule has 0 radical (unpaired) electrons. The summed E-state index contributed by atoms with van der Waals surface area (Å²) in [7, 11) is 0. The summed E-state index contributed by atoms with van der Waals surface area (Å²) < 4.78 is 6.08. The van der Waals surface area contributed by atoms with Crippen molar-refractivity contribution < 1.29 is 4.74 Å². The summed E-state index contributed by atoms with van der Waals surface area (Å²) in [5.74, 6) is 0.768. The Hall–Kier alpha value is 0.170. The normalized spacial score (nSPS) is 34.0. The molecule has 3 atom stereocenters. The molecule has 0 amide bonds. The maximum atomic E-state index is 6.08. The van der Waals surface area contributed by atoms with E-state index in [2.05, 4.69) is 24.1 Å². The van der Waals surface area contributed by atoms with Crippen LogP contribution in [-0.4, -0.2) is 49.8 Å². The second kappa shape index (κ2) is 8.36. The first-order valence-corrected chi connectivity index (χ1v) is 7.33. The molecule has 18 heavy (non-hydrogen) atoms. The Bertz CT molecular complexity index is 206. The monoisotopic (exact) mass is 276 g/mol. The molecular weight excluding hydrogens is 248 g/mol. The smallest absolute Gasteiger partial charge is 0.0601 e. The molecule has 3 nitrogen and oxygen atoms in total. The van der Waals surface area contributed by atoms with E-state index in [0.29, 0.717) is 12.1 Å². The molecule has 1 N–H and O–H groups in total. The molecule has 0 bridgehead atoms. The highest BCUT2D eigenvalue weighted by Gasteiger charge is 2.22. The number of halogens is 1. The van der Waals surface area contributed by atoms with Crippen molar-refractivity contribution in [2.45, 2.75) is 51.7 Å². The number of piperazine rings is 1. The topological polar surface area (TPSA) is 24.5 Å². The third-order valence-electron chi connectivity index (χ3n) is 4.38. The Kier molecular flexibility index (Phi) is 7.54. The van der Waals surface area contributed by atoms with Crippen LogP contribution in [0.3, 0.4) is 0 Å². The Labute approximate surface area is 118 Å². The molecule has 2 rings (SSSR count). The predicted molar refractivity (Wildman–Crippen MR) is 78.5 cm³/mol. The van der Waals surface area contributed by atoms with Gasteiger partial charge < -0.3 is 10.1 Å². The summed E-state index contributed by atoms with van der Waals surface area (Å²) in [6.45, 7) is 10.1. The van der Waals surface area contributed by atoms with Gasteiger partial charge >= 0.3 is 0 Å². The number of hydrogen-bond acceptors (Lipinski definition) is 3. The quantitative estimate of drug-likeness (QED) is 0.853. The van der Waals surface area contributed by atoms with Gasteiger partial charge in [-0.2, -0.15) is 0 Å². The first-order valence-electron chi connectivity index (χ1n) is 7.33. The molecular formula is C14H29ClN2O. The zero-order valence-corrected chi connectivity index (χ0v) is 12.7. The molecule has 1 saturated heterocycles.